The third-order valence-electron chi connectivity index (χ3n) is 4.00. The summed E-state index contributed by atoms with van der Waals surface area (Å²) < 4.78 is 1.61. The highest BCUT2D eigenvalue weighted by atomic mass is 16.4. The van der Waals surface area contributed by atoms with Gasteiger partial charge < -0.3 is 20.2 Å². The van der Waals surface area contributed by atoms with Crippen molar-refractivity contribution in [2.24, 2.45) is 0 Å². The highest BCUT2D eigenvalue weighted by Crippen LogP contribution is 2.17. The first-order valence-corrected chi connectivity index (χ1v) is 7.38. The van der Waals surface area contributed by atoms with Crippen LogP contribution in [0.4, 0.5) is 0 Å². The predicted octanol–water partition coefficient (Wildman–Crippen LogP) is 0.821. The van der Waals surface area contributed by atoms with Crippen LogP contribution in [0.5, 0.6) is 0 Å². The molecule has 0 saturated carbocycles. The molecule has 3 N–H and O–H groups in total. The molecule has 2 atom stereocenters. The Kier molecular flexibility index (Phi) is 5.19. The van der Waals surface area contributed by atoms with Crippen LogP contribution in [0, 0.1) is 0 Å². The second kappa shape index (κ2) is 7.11. The fourth-order valence-corrected chi connectivity index (χ4v) is 2.91. The van der Waals surface area contributed by atoms with Crippen molar-refractivity contribution in [1.82, 2.24) is 4.90 Å². The second-order valence-corrected chi connectivity index (χ2v) is 5.53. The van der Waals surface area contributed by atoms with E-state index in [-0.39, 0.29) is 5.76 Å². The van der Waals surface area contributed by atoms with Crippen molar-refractivity contribution >= 4 is 18.2 Å². The molecular weight excluding hydrogens is 288 g/mol. The molecule has 0 aromatic heterocycles. The summed E-state index contributed by atoms with van der Waals surface area (Å²) in [6.07, 6.45) is 8.90. The van der Waals surface area contributed by atoms with E-state index in [4.69, 9.17) is 10.2 Å². The van der Waals surface area contributed by atoms with Crippen LogP contribution in [0.15, 0.2) is 24.1 Å². The number of nitrogens with zero attached hydrogens (tertiary/aromatic N) is 2. The van der Waals surface area contributed by atoms with Crippen LogP contribution in [0.2, 0.25) is 0 Å². The molecular formula is C15H21N2O5+. The maximum atomic E-state index is 11.0. The lowest BCUT2D eigenvalue weighted by Crippen LogP contribution is -2.31. The lowest BCUT2D eigenvalue weighted by molar-refractivity contribution is -0.528. The van der Waals surface area contributed by atoms with E-state index < -0.39 is 24.0 Å². The number of aliphatic carboxylic acids is 2. The van der Waals surface area contributed by atoms with Gasteiger partial charge in [0, 0.05) is 25.6 Å². The normalized spacial score (nSPS) is 27.9. The number of hydrogen-bond donors (Lipinski definition) is 3. The summed E-state index contributed by atoms with van der Waals surface area (Å²) in [5.74, 6) is -1.78. The largest absolute Gasteiger partial charge is 0.503 e. The summed E-state index contributed by atoms with van der Waals surface area (Å²) in [5, 5.41) is 28.0. The zero-order valence-electron chi connectivity index (χ0n) is 12.3. The molecule has 0 aliphatic carbocycles. The monoisotopic (exact) mass is 309 g/mol. The van der Waals surface area contributed by atoms with Gasteiger partial charge in [-0.25, -0.2) is 14.2 Å². The number of likely N-dealkylation sites (tertiary alicyclic amines) is 1. The minimum atomic E-state index is -0.890. The highest BCUT2D eigenvalue weighted by Gasteiger charge is 2.34. The van der Waals surface area contributed by atoms with Crippen LogP contribution in [-0.2, 0) is 9.59 Å². The summed E-state index contributed by atoms with van der Waals surface area (Å²) in [6.45, 7) is 1.28. The lowest BCUT2D eigenvalue weighted by atomic mass is 10.2. The Morgan fingerprint density at radius 3 is 2.55 bits per heavy atom. The Bertz CT molecular complexity index is 538. The zero-order chi connectivity index (χ0) is 16.1. The molecule has 120 valence electrons. The van der Waals surface area contributed by atoms with E-state index >= 15 is 0 Å². The van der Waals surface area contributed by atoms with Crippen LogP contribution in [-0.4, -0.2) is 68.1 Å². The van der Waals surface area contributed by atoms with E-state index in [0.717, 1.165) is 12.8 Å². The van der Waals surface area contributed by atoms with Gasteiger partial charge >= 0.3 is 11.9 Å². The molecule has 2 rings (SSSR count). The third kappa shape index (κ3) is 3.87. The van der Waals surface area contributed by atoms with E-state index in [2.05, 4.69) is 0 Å². The van der Waals surface area contributed by atoms with Crippen LogP contribution < -0.4 is 0 Å². The van der Waals surface area contributed by atoms with Gasteiger partial charge in [-0.15, -0.1) is 0 Å². The molecule has 7 heteroatoms. The van der Waals surface area contributed by atoms with Gasteiger partial charge in [0.05, 0.1) is 0 Å². The van der Waals surface area contributed by atoms with E-state index in [9.17, 15) is 14.7 Å². The number of hydrogen-bond acceptors (Lipinski definition) is 4. The molecule has 0 unspecified atom stereocenters. The van der Waals surface area contributed by atoms with Gasteiger partial charge in [0.25, 0.3) is 0 Å². The summed E-state index contributed by atoms with van der Waals surface area (Å²) >= 11 is 0. The van der Waals surface area contributed by atoms with Crippen LogP contribution in [0.1, 0.15) is 25.7 Å². The van der Waals surface area contributed by atoms with Crippen LogP contribution in [0.25, 0.3) is 0 Å². The molecule has 2 saturated heterocycles. The average molecular weight is 309 g/mol. The molecule has 0 amide bonds. The molecule has 2 aliphatic rings. The van der Waals surface area contributed by atoms with Crippen molar-refractivity contribution in [2.45, 2.75) is 37.8 Å². The Labute approximate surface area is 128 Å². The van der Waals surface area contributed by atoms with Crippen molar-refractivity contribution in [2.75, 3.05) is 13.1 Å². The first kappa shape index (κ1) is 16.1. The van der Waals surface area contributed by atoms with Crippen LogP contribution in [0.3, 0.4) is 0 Å². The van der Waals surface area contributed by atoms with Gasteiger partial charge in [0.2, 0.25) is 12.3 Å². The number of carbonyl (C=O) groups is 2. The topological polar surface area (TPSA) is 101 Å². The number of rotatable bonds is 5. The first-order chi connectivity index (χ1) is 10.5. The molecule has 0 spiro atoms. The quantitative estimate of drug-likeness (QED) is 0.395. The van der Waals surface area contributed by atoms with E-state index in [1.165, 1.54) is 12.3 Å². The van der Waals surface area contributed by atoms with Crippen molar-refractivity contribution in [1.29, 1.82) is 0 Å². The summed E-state index contributed by atoms with van der Waals surface area (Å²) in [7, 11) is 0. The van der Waals surface area contributed by atoms with E-state index in [0.29, 0.717) is 25.9 Å². The minimum absolute atomic E-state index is 0.0459. The predicted molar refractivity (Wildman–Crippen MR) is 79.1 cm³/mol. The van der Waals surface area contributed by atoms with Gasteiger partial charge in [0.15, 0.2) is 5.76 Å². The number of carboxylic acid groups (broad SMARTS) is 2. The Morgan fingerprint density at radius 1 is 1.09 bits per heavy atom. The fourth-order valence-electron chi connectivity index (χ4n) is 2.91. The molecule has 0 aromatic rings. The van der Waals surface area contributed by atoms with Crippen molar-refractivity contribution in [3.63, 3.8) is 0 Å². The molecule has 2 aliphatic heterocycles. The molecule has 22 heavy (non-hydrogen) atoms. The summed E-state index contributed by atoms with van der Waals surface area (Å²) in [4.78, 5) is 23.8. The van der Waals surface area contributed by atoms with E-state index in [1.807, 2.05) is 0 Å². The first-order valence-electron chi connectivity index (χ1n) is 7.38. The molecule has 7 nitrogen and oxygen atoms in total. The van der Waals surface area contributed by atoms with Crippen LogP contribution >= 0.6 is 0 Å². The second-order valence-electron chi connectivity index (χ2n) is 5.53. The molecule has 0 radical (unpaired) electrons. The van der Waals surface area contributed by atoms with Gasteiger partial charge in [-0.1, -0.05) is 0 Å². The van der Waals surface area contributed by atoms with E-state index in [1.54, 1.807) is 21.8 Å². The number of aliphatic hydroxyl groups is 1. The minimum Gasteiger partial charge on any atom is -0.503 e. The molecule has 2 heterocycles. The summed E-state index contributed by atoms with van der Waals surface area (Å²) in [6, 6.07) is -1.10. The summed E-state index contributed by atoms with van der Waals surface area (Å²) in [5.41, 5.74) is 0. The number of carboxylic acids is 2. The Morgan fingerprint density at radius 2 is 1.86 bits per heavy atom. The third-order valence-corrected chi connectivity index (χ3v) is 4.00. The average Bonchev–Trinajstić information content (AvgIpc) is 3.07. The zero-order valence-corrected chi connectivity index (χ0v) is 12.3. The van der Waals surface area contributed by atoms with Crippen molar-refractivity contribution in [3.8, 4) is 0 Å². The lowest BCUT2D eigenvalue weighted by Gasteiger charge is -2.17. The van der Waals surface area contributed by atoms with Crippen molar-refractivity contribution in [3.05, 3.63) is 24.1 Å². The standard InChI is InChI=1S/C15H20N2O5/c18-11(10-17-9-3-6-13(17)15(21)22)4-1-7-16-8-2-5-12(16)14(19)20/h1,4,7,10,12-13H,2-3,5-6,8-9H2,(H2-,18,19,20,21,22)/p+1/t12-,13-/m0/s1. The Hall–Kier alpha value is -2.31. The smallest absolute Gasteiger partial charge is 0.372 e. The number of allylic oxidation sites excluding steroid dienone is 3. The van der Waals surface area contributed by atoms with Crippen molar-refractivity contribution < 1.29 is 29.5 Å². The SMILES string of the molecule is O=C(O)[C@@H]1CCCN1/C=C/C=C(\O)C=[N+]1CCC[C@H]1C(=O)O. The fraction of sp³-hybridized carbons (Fsp3) is 0.533. The highest BCUT2D eigenvalue weighted by molar-refractivity contribution is 5.76. The Balaban J connectivity index is 1.99. The maximum Gasteiger partial charge on any atom is 0.372 e. The van der Waals surface area contributed by atoms with Gasteiger partial charge in [0.1, 0.15) is 12.6 Å². The van der Waals surface area contributed by atoms with Gasteiger partial charge in [-0.2, -0.15) is 0 Å². The molecule has 0 bridgehead atoms. The molecule has 0 aromatic carbocycles. The molecule has 2 fully saturated rings. The van der Waals surface area contributed by atoms with Gasteiger partial charge in [-0.3, -0.25) is 0 Å². The number of aliphatic hydroxyl groups excluding tert-OH is 1. The maximum absolute atomic E-state index is 11.0. The van der Waals surface area contributed by atoms with Gasteiger partial charge in [-0.05, 0) is 25.0 Å².